The lowest BCUT2D eigenvalue weighted by molar-refractivity contribution is -0.0287. The number of ether oxygens (including phenoxy) is 1. The van der Waals surface area contributed by atoms with Gasteiger partial charge in [-0.2, -0.15) is 0 Å². The van der Waals surface area contributed by atoms with Crippen LogP contribution in [0.15, 0.2) is 103 Å². The maximum atomic E-state index is 7.37. The summed E-state index contributed by atoms with van der Waals surface area (Å²) in [7, 11) is 0. The molecular formula is C35H46O. The SMILES string of the molecule is CCCCC(/C=C/C(CC(C)C)CC(C)C)OC(c1ccccc1)(c1ccccc1)c1ccccc1. The van der Waals surface area contributed by atoms with Crippen LogP contribution < -0.4 is 0 Å². The average Bonchev–Trinajstić information content (AvgIpc) is 2.89. The summed E-state index contributed by atoms with van der Waals surface area (Å²) in [6.45, 7) is 11.6. The van der Waals surface area contributed by atoms with Crippen LogP contribution in [0.5, 0.6) is 0 Å². The molecule has 3 aromatic rings. The third-order valence-electron chi connectivity index (χ3n) is 6.86. The summed E-state index contributed by atoms with van der Waals surface area (Å²) in [6, 6.07) is 32.2. The van der Waals surface area contributed by atoms with Crippen LogP contribution in [0.4, 0.5) is 0 Å². The molecule has 0 spiro atoms. The Morgan fingerprint density at radius 3 is 1.42 bits per heavy atom. The van der Waals surface area contributed by atoms with Gasteiger partial charge in [0.2, 0.25) is 0 Å². The number of benzene rings is 3. The third kappa shape index (κ3) is 7.68. The maximum absolute atomic E-state index is 7.37. The standard InChI is InChI=1S/C35H46O/c1-6-7-23-34(25-24-30(26-28(2)3)27-29(4)5)36-35(31-17-11-8-12-18-31,32-19-13-9-14-20-32)33-21-15-10-16-22-33/h8-22,24-25,28-30,34H,6-7,23,26-27H2,1-5H3/b25-24+. The van der Waals surface area contributed by atoms with E-state index in [1.54, 1.807) is 0 Å². The fraction of sp³-hybridized carbons (Fsp3) is 0.429. The molecule has 0 amide bonds. The zero-order chi connectivity index (χ0) is 25.8. The van der Waals surface area contributed by atoms with Crippen LogP contribution in [-0.2, 0) is 10.3 Å². The maximum Gasteiger partial charge on any atom is 0.144 e. The Balaban J connectivity index is 2.11. The number of rotatable bonds is 14. The molecule has 0 saturated carbocycles. The summed E-state index contributed by atoms with van der Waals surface area (Å²) in [6.07, 6.45) is 10.6. The first-order valence-corrected chi connectivity index (χ1v) is 14.0. The van der Waals surface area contributed by atoms with E-state index in [0.717, 1.165) is 19.3 Å². The van der Waals surface area contributed by atoms with E-state index in [0.29, 0.717) is 17.8 Å². The van der Waals surface area contributed by atoms with Crippen molar-refractivity contribution in [2.24, 2.45) is 17.8 Å². The molecule has 0 bridgehead atoms. The van der Waals surface area contributed by atoms with Gasteiger partial charge in [0.25, 0.3) is 0 Å². The molecule has 0 aliphatic rings. The highest BCUT2D eigenvalue weighted by Crippen LogP contribution is 2.42. The minimum Gasteiger partial charge on any atom is -0.354 e. The van der Waals surface area contributed by atoms with E-state index in [-0.39, 0.29) is 6.10 Å². The Morgan fingerprint density at radius 1 is 0.639 bits per heavy atom. The van der Waals surface area contributed by atoms with Crippen LogP contribution in [0, 0.1) is 17.8 Å². The molecule has 0 radical (unpaired) electrons. The molecular weight excluding hydrogens is 436 g/mol. The van der Waals surface area contributed by atoms with Crippen molar-refractivity contribution < 1.29 is 4.74 Å². The van der Waals surface area contributed by atoms with Crippen LogP contribution in [0.1, 0.15) is 83.4 Å². The summed E-state index contributed by atoms with van der Waals surface area (Å²) >= 11 is 0. The second kappa shape index (κ2) is 14.2. The first kappa shape index (κ1) is 27.9. The van der Waals surface area contributed by atoms with Gasteiger partial charge in [-0.05, 0) is 53.7 Å². The second-order valence-electron chi connectivity index (χ2n) is 11.0. The largest absolute Gasteiger partial charge is 0.354 e. The zero-order valence-electron chi connectivity index (χ0n) is 23.1. The molecule has 192 valence electrons. The Kier molecular flexibility index (Phi) is 11.0. The normalized spacial score (nSPS) is 13.2. The highest BCUT2D eigenvalue weighted by atomic mass is 16.5. The lowest BCUT2D eigenvalue weighted by Crippen LogP contribution is -2.36. The van der Waals surface area contributed by atoms with Crippen molar-refractivity contribution in [3.05, 3.63) is 120 Å². The summed E-state index contributed by atoms with van der Waals surface area (Å²) < 4.78 is 7.37. The van der Waals surface area contributed by atoms with Crippen LogP contribution in [0.25, 0.3) is 0 Å². The van der Waals surface area contributed by atoms with Gasteiger partial charge in [-0.15, -0.1) is 0 Å². The first-order valence-electron chi connectivity index (χ1n) is 14.0. The third-order valence-corrected chi connectivity index (χ3v) is 6.86. The molecule has 0 aromatic heterocycles. The molecule has 1 heteroatoms. The monoisotopic (exact) mass is 482 g/mol. The number of allylic oxidation sites excluding steroid dienone is 1. The molecule has 0 heterocycles. The van der Waals surface area contributed by atoms with E-state index in [4.69, 9.17) is 4.74 Å². The Bertz CT molecular complexity index is 898. The first-order chi connectivity index (χ1) is 17.5. The highest BCUT2D eigenvalue weighted by Gasteiger charge is 2.39. The fourth-order valence-corrected chi connectivity index (χ4v) is 5.29. The van der Waals surface area contributed by atoms with E-state index in [1.807, 2.05) is 0 Å². The molecule has 1 nitrogen and oxygen atoms in total. The summed E-state index contributed by atoms with van der Waals surface area (Å²) in [5.41, 5.74) is 2.81. The minimum absolute atomic E-state index is 0.0207. The number of unbranched alkanes of at least 4 members (excludes halogenated alkanes) is 1. The van der Waals surface area contributed by atoms with Gasteiger partial charge in [0.1, 0.15) is 5.60 Å². The van der Waals surface area contributed by atoms with E-state index >= 15 is 0 Å². The molecule has 1 unspecified atom stereocenters. The van der Waals surface area contributed by atoms with Crippen molar-refractivity contribution in [2.75, 3.05) is 0 Å². The van der Waals surface area contributed by atoms with Gasteiger partial charge in [-0.3, -0.25) is 0 Å². The molecule has 3 rings (SSSR count). The van der Waals surface area contributed by atoms with Gasteiger partial charge >= 0.3 is 0 Å². The van der Waals surface area contributed by atoms with E-state index in [9.17, 15) is 0 Å². The van der Waals surface area contributed by atoms with Crippen LogP contribution >= 0.6 is 0 Å². The smallest absolute Gasteiger partial charge is 0.144 e. The summed E-state index contributed by atoms with van der Waals surface area (Å²) in [5, 5.41) is 0. The van der Waals surface area contributed by atoms with Gasteiger partial charge in [-0.1, -0.05) is 151 Å². The van der Waals surface area contributed by atoms with Gasteiger partial charge in [0.05, 0.1) is 6.10 Å². The Hall–Kier alpha value is -2.64. The Labute approximate surface area is 220 Å². The zero-order valence-corrected chi connectivity index (χ0v) is 23.1. The molecule has 0 fully saturated rings. The molecule has 36 heavy (non-hydrogen) atoms. The summed E-state index contributed by atoms with van der Waals surface area (Å²) in [4.78, 5) is 0. The van der Waals surface area contributed by atoms with Crippen molar-refractivity contribution in [3.63, 3.8) is 0 Å². The predicted molar refractivity (Wildman–Crippen MR) is 155 cm³/mol. The lowest BCUT2D eigenvalue weighted by Gasteiger charge is -2.38. The van der Waals surface area contributed by atoms with Crippen LogP contribution in [-0.4, -0.2) is 6.10 Å². The fourth-order valence-electron chi connectivity index (χ4n) is 5.29. The molecule has 3 aromatic carbocycles. The molecule has 0 N–H and O–H groups in total. The van der Waals surface area contributed by atoms with E-state index in [2.05, 4.69) is 138 Å². The van der Waals surface area contributed by atoms with Crippen molar-refractivity contribution in [1.29, 1.82) is 0 Å². The van der Waals surface area contributed by atoms with E-state index < -0.39 is 5.60 Å². The Morgan fingerprint density at radius 2 is 1.06 bits per heavy atom. The van der Waals surface area contributed by atoms with Gasteiger partial charge in [0, 0.05) is 0 Å². The van der Waals surface area contributed by atoms with Crippen LogP contribution in [0.2, 0.25) is 0 Å². The van der Waals surface area contributed by atoms with Gasteiger partial charge in [0.15, 0.2) is 0 Å². The van der Waals surface area contributed by atoms with Crippen molar-refractivity contribution >= 4 is 0 Å². The van der Waals surface area contributed by atoms with Gasteiger partial charge < -0.3 is 4.74 Å². The van der Waals surface area contributed by atoms with Crippen LogP contribution in [0.3, 0.4) is 0 Å². The predicted octanol–water partition coefficient (Wildman–Crippen LogP) is 9.82. The minimum atomic E-state index is -0.682. The van der Waals surface area contributed by atoms with E-state index in [1.165, 1.54) is 29.5 Å². The summed E-state index contributed by atoms with van der Waals surface area (Å²) in [5.74, 6) is 1.95. The lowest BCUT2D eigenvalue weighted by atomic mass is 9.79. The molecule has 0 saturated heterocycles. The van der Waals surface area contributed by atoms with Crippen molar-refractivity contribution in [2.45, 2.75) is 78.4 Å². The quantitative estimate of drug-likeness (QED) is 0.164. The molecule has 1 atom stereocenters. The highest BCUT2D eigenvalue weighted by molar-refractivity contribution is 5.47. The van der Waals surface area contributed by atoms with Crippen molar-refractivity contribution in [3.8, 4) is 0 Å². The molecule has 0 aliphatic heterocycles. The number of hydrogen-bond acceptors (Lipinski definition) is 1. The average molecular weight is 483 g/mol. The molecule has 0 aliphatic carbocycles. The second-order valence-corrected chi connectivity index (χ2v) is 11.0. The van der Waals surface area contributed by atoms with Gasteiger partial charge in [-0.25, -0.2) is 0 Å². The van der Waals surface area contributed by atoms with Crippen molar-refractivity contribution in [1.82, 2.24) is 0 Å². The number of hydrogen-bond donors (Lipinski definition) is 0. The topological polar surface area (TPSA) is 9.23 Å².